The lowest BCUT2D eigenvalue weighted by molar-refractivity contribution is -0.141. The molecule has 0 unspecified atom stereocenters. The Bertz CT molecular complexity index is 1030. The Morgan fingerprint density at radius 2 is 1.94 bits per heavy atom. The molecule has 1 aromatic carbocycles. The zero-order valence-electron chi connectivity index (χ0n) is 16.4. The number of nitriles is 1. The van der Waals surface area contributed by atoms with E-state index in [1.54, 1.807) is 11.0 Å². The molecule has 1 saturated heterocycles. The van der Waals surface area contributed by atoms with Crippen LogP contribution in [0.5, 0.6) is 11.5 Å². The number of benzene rings is 1. The largest absolute Gasteiger partial charge is 0.454 e. The highest BCUT2D eigenvalue weighted by Crippen LogP contribution is 2.33. The summed E-state index contributed by atoms with van der Waals surface area (Å²) < 4.78 is 49.6. The predicted octanol–water partition coefficient (Wildman–Crippen LogP) is 3.23. The van der Waals surface area contributed by atoms with E-state index < -0.39 is 11.9 Å². The van der Waals surface area contributed by atoms with Crippen LogP contribution in [0.4, 0.5) is 19.0 Å². The van der Waals surface area contributed by atoms with Gasteiger partial charge in [-0.05, 0) is 42.7 Å². The summed E-state index contributed by atoms with van der Waals surface area (Å²) in [5.41, 5.74) is -0.0781. The number of amides is 1. The van der Waals surface area contributed by atoms with Crippen LogP contribution in [0.2, 0.25) is 0 Å². The van der Waals surface area contributed by atoms with Gasteiger partial charge in [0.15, 0.2) is 11.5 Å². The van der Waals surface area contributed by atoms with E-state index in [1.165, 1.54) is 0 Å². The third-order valence-corrected chi connectivity index (χ3v) is 5.36. The van der Waals surface area contributed by atoms with Crippen LogP contribution < -0.4 is 19.7 Å². The number of hydrogen-bond donors (Lipinski definition) is 1. The molecule has 7 nitrogen and oxygen atoms in total. The Morgan fingerprint density at radius 1 is 1.19 bits per heavy atom. The maximum absolute atomic E-state index is 13.0. The number of nitrogens with zero attached hydrogens (tertiary/aromatic N) is 3. The Balaban J connectivity index is 1.35. The van der Waals surface area contributed by atoms with Gasteiger partial charge in [-0.15, -0.1) is 0 Å². The van der Waals surface area contributed by atoms with E-state index in [1.807, 2.05) is 18.2 Å². The molecular weight excluding hydrogens is 413 g/mol. The molecule has 0 radical (unpaired) electrons. The number of ether oxygens (including phenoxy) is 2. The summed E-state index contributed by atoms with van der Waals surface area (Å²) in [6.45, 7) is 1.19. The van der Waals surface area contributed by atoms with E-state index in [2.05, 4.69) is 10.3 Å². The molecule has 2 aliphatic heterocycles. The second-order valence-electron chi connectivity index (χ2n) is 7.34. The molecule has 0 bridgehead atoms. The van der Waals surface area contributed by atoms with Crippen molar-refractivity contribution in [2.24, 2.45) is 5.92 Å². The number of nitrogens with one attached hydrogen (secondary N) is 1. The third-order valence-electron chi connectivity index (χ3n) is 5.36. The summed E-state index contributed by atoms with van der Waals surface area (Å²) in [6, 6.07) is 9.28. The smallest absolute Gasteiger partial charge is 0.433 e. The van der Waals surface area contributed by atoms with E-state index in [0.717, 1.165) is 17.7 Å². The fraction of sp³-hybridized carbons (Fsp3) is 0.381. The van der Waals surface area contributed by atoms with Crippen molar-refractivity contribution < 1.29 is 27.4 Å². The van der Waals surface area contributed by atoms with Crippen molar-refractivity contribution in [2.45, 2.75) is 25.6 Å². The molecule has 0 spiro atoms. The number of hydrogen-bond acceptors (Lipinski definition) is 6. The van der Waals surface area contributed by atoms with Gasteiger partial charge in [-0.1, -0.05) is 6.07 Å². The highest BCUT2D eigenvalue weighted by molar-refractivity contribution is 5.79. The van der Waals surface area contributed by atoms with Crippen LogP contribution in [0.3, 0.4) is 0 Å². The van der Waals surface area contributed by atoms with Crippen molar-refractivity contribution in [3.05, 3.63) is 47.2 Å². The molecule has 1 amide bonds. The zero-order valence-corrected chi connectivity index (χ0v) is 16.4. The van der Waals surface area contributed by atoms with Gasteiger partial charge in [0, 0.05) is 25.6 Å². The standard InChI is InChI=1S/C21H19F3N4O3/c22-21(23,24)18-4-2-15(10-25)19(27-18)28-7-5-14(6-8-28)20(29)26-11-13-1-3-16-17(9-13)31-12-30-16/h1-4,9,14H,5-8,11-12H2,(H,26,29). The molecule has 31 heavy (non-hydrogen) atoms. The van der Waals surface area contributed by atoms with E-state index in [9.17, 15) is 23.2 Å². The first-order valence-electron chi connectivity index (χ1n) is 9.74. The summed E-state index contributed by atoms with van der Waals surface area (Å²) in [6.07, 6.45) is -3.68. The van der Waals surface area contributed by atoms with Crippen LogP contribution in [-0.2, 0) is 17.5 Å². The van der Waals surface area contributed by atoms with Crippen molar-refractivity contribution in [2.75, 3.05) is 24.8 Å². The Morgan fingerprint density at radius 3 is 2.65 bits per heavy atom. The number of anilines is 1. The first-order chi connectivity index (χ1) is 14.8. The number of alkyl halides is 3. The van der Waals surface area contributed by atoms with E-state index in [4.69, 9.17) is 9.47 Å². The minimum absolute atomic E-state index is 0.0107. The second kappa shape index (κ2) is 8.34. The van der Waals surface area contributed by atoms with Gasteiger partial charge in [-0.3, -0.25) is 4.79 Å². The minimum Gasteiger partial charge on any atom is -0.454 e. The number of carbonyl (C=O) groups excluding carboxylic acids is 1. The van der Waals surface area contributed by atoms with Crippen molar-refractivity contribution in [3.8, 4) is 17.6 Å². The van der Waals surface area contributed by atoms with Crippen molar-refractivity contribution in [1.82, 2.24) is 10.3 Å². The van der Waals surface area contributed by atoms with Crippen LogP contribution in [0, 0.1) is 17.2 Å². The lowest BCUT2D eigenvalue weighted by atomic mass is 9.95. The van der Waals surface area contributed by atoms with Gasteiger partial charge in [0.1, 0.15) is 17.6 Å². The number of pyridine rings is 1. The molecule has 1 N–H and O–H groups in total. The lowest BCUT2D eigenvalue weighted by Crippen LogP contribution is -2.41. The number of piperidine rings is 1. The monoisotopic (exact) mass is 432 g/mol. The Hall–Kier alpha value is -3.48. The molecule has 162 valence electrons. The van der Waals surface area contributed by atoms with Crippen molar-refractivity contribution in [1.29, 1.82) is 5.26 Å². The fourth-order valence-corrected chi connectivity index (χ4v) is 3.67. The summed E-state index contributed by atoms with van der Waals surface area (Å²) >= 11 is 0. The molecule has 2 aromatic rings. The molecule has 0 aliphatic carbocycles. The highest BCUT2D eigenvalue weighted by Gasteiger charge is 2.34. The lowest BCUT2D eigenvalue weighted by Gasteiger charge is -2.32. The summed E-state index contributed by atoms with van der Waals surface area (Å²) in [5, 5.41) is 12.1. The molecule has 0 atom stereocenters. The van der Waals surface area contributed by atoms with Crippen molar-refractivity contribution >= 4 is 11.7 Å². The van der Waals surface area contributed by atoms with Gasteiger partial charge in [-0.25, -0.2) is 4.98 Å². The summed E-state index contributed by atoms with van der Waals surface area (Å²) in [5.74, 6) is 0.942. The number of halogens is 3. The Labute approximate surface area is 176 Å². The molecule has 10 heteroatoms. The van der Waals surface area contributed by atoms with Gasteiger partial charge >= 0.3 is 6.18 Å². The van der Waals surface area contributed by atoms with E-state index in [-0.39, 0.29) is 30.0 Å². The molecule has 0 saturated carbocycles. The van der Waals surface area contributed by atoms with Crippen LogP contribution in [0.15, 0.2) is 30.3 Å². The topological polar surface area (TPSA) is 87.5 Å². The number of aromatic nitrogens is 1. The minimum atomic E-state index is -4.59. The van der Waals surface area contributed by atoms with Crippen LogP contribution in [0.25, 0.3) is 0 Å². The average molecular weight is 432 g/mol. The SMILES string of the molecule is N#Cc1ccc(C(F)(F)F)nc1N1CCC(C(=O)NCc2ccc3c(c2)OCO3)CC1. The third kappa shape index (κ3) is 4.50. The van der Waals surface area contributed by atoms with E-state index >= 15 is 0 Å². The van der Waals surface area contributed by atoms with Gasteiger partial charge in [-0.2, -0.15) is 18.4 Å². The van der Waals surface area contributed by atoms with Gasteiger partial charge in [0.2, 0.25) is 12.7 Å². The molecule has 3 heterocycles. The van der Waals surface area contributed by atoms with Crippen LogP contribution in [-0.4, -0.2) is 30.8 Å². The van der Waals surface area contributed by atoms with Crippen LogP contribution >= 0.6 is 0 Å². The summed E-state index contributed by atoms with van der Waals surface area (Å²) in [7, 11) is 0. The summed E-state index contributed by atoms with van der Waals surface area (Å²) in [4.78, 5) is 17.9. The maximum atomic E-state index is 13.0. The van der Waals surface area contributed by atoms with Crippen molar-refractivity contribution in [3.63, 3.8) is 0 Å². The molecule has 1 aromatic heterocycles. The van der Waals surface area contributed by atoms with Gasteiger partial charge in [0.05, 0.1) is 5.56 Å². The molecule has 1 fully saturated rings. The predicted molar refractivity (Wildman–Crippen MR) is 103 cm³/mol. The zero-order chi connectivity index (χ0) is 22.0. The first kappa shape index (κ1) is 20.8. The van der Waals surface area contributed by atoms with E-state index in [0.29, 0.717) is 44.0 Å². The number of rotatable bonds is 4. The highest BCUT2D eigenvalue weighted by atomic mass is 19.4. The quantitative estimate of drug-likeness (QED) is 0.798. The van der Waals surface area contributed by atoms with Gasteiger partial charge in [0.25, 0.3) is 0 Å². The first-order valence-corrected chi connectivity index (χ1v) is 9.74. The normalized spacial score (nSPS) is 16.1. The molecule has 2 aliphatic rings. The van der Waals surface area contributed by atoms with Gasteiger partial charge < -0.3 is 19.7 Å². The average Bonchev–Trinajstić information content (AvgIpc) is 3.24. The number of fused-ring (bicyclic) bond motifs is 1. The van der Waals surface area contributed by atoms with Crippen LogP contribution in [0.1, 0.15) is 29.7 Å². The fourth-order valence-electron chi connectivity index (χ4n) is 3.67. The molecule has 4 rings (SSSR count). The Kier molecular flexibility index (Phi) is 5.59. The molecular formula is C21H19F3N4O3. The maximum Gasteiger partial charge on any atom is 0.433 e. The number of carbonyl (C=O) groups is 1. The second-order valence-corrected chi connectivity index (χ2v) is 7.34.